The topological polar surface area (TPSA) is 49.8 Å². The fourth-order valence-corrected chi connectivity index (χ4v) is 3.34. The highest BCUT2D eigenvalue weighted by atomic mass is 19.4. The molecule has 0 radical (unpaired) electrons. The van der Waals surface area contributed by atoms with E-state index in [-0.39, 0.29) is 17.8 Å². The Kier molecular flexibility index (Phi) is 5.16. The first-order chi connectivity index (χ1) is 13.1. The standard InChI is InChI=1S/C20H17F4NO3/c1-11-15-8-5-13(20(22,23)24)9-16(15)25(18(28-2)17(11)19(26)27)10-12-3-6-14(21)7-4-12/h3-9,18H,10H2,1-2H3,(H,26,27). The number of allylic oxidation sites excluding steroid dienone is 1. The second kappa shape index (κ2) is 7.27. The number of halogens is 4. The van der Waals surface area contributed by atoms with E-state index in [1.165, 1.54) is 49.3 Å². The monoisotopic (exact) mass is 395 g/mol. The van der Waals surface area contributed by atoms with Gasteiger partial charge in [-0.25, -0.2) is 9.18 Å². The van der Waals surface area contributed by atoms with Gasteiger partial charge in [-0.3, -0.25) is 0 Å². The van der Waals surface area contributed by atoms with Crippen molar-refractivity contribution in [2.24, 2.45) is 0 Å². The maximum atomic E-state index is 13.2. The largest absolute Gasteiger partial charge is 0.478 e. The molecular weight excluding hydrogens is 378 g/mol. The van der Waals surface area contributed by atoms with Crippen LogP contribution in [0.5, 0.6) is 0 Å². The van der Waals surface area contributed by atoms with Gasteiger partial charge < -0.3 is 14.7 Å². The van der Waals surface area contributed by atoms with Crippen molar-refractivity contribution in [2.75, 3.05) is 12.0 Å². The Bertz CT molecular complexity index is 935. The van der Waals surface area contributed by atoms with Gasteiger partial charge in [-0.1, -0.05) is 18.2 Å². The van der Waals surface area contributed by atoms with Crippen LogP contribution in [0.1, 0.15) is 23.6 Å². The van der Waals surface area contributed by atoms with Crippen molar-refractivity contribution in [3.63, 3.8) is 0 Å². The van der Waals surface area contributed by atoms with Crippen LogP contribution in [-0.4, -0.2) is 24.4 Å². The molecule has 0 saturated heterocycles. The van der Waals surface area contributed by atoms with Gasteiger partial charge in [0.15, 0.2) is 6.23 Å². The van der Waals surface area contributed by atoms with Crippen molar-refractivity contribution in [1.82, 2.24) is 0 Å². The van der Waals surface area contributed by atoms with Crippen molar-refractivity contribution in [2.45, 2.75) is 25.9 Å². The highest BCUT2D eigenvalue weighted by Gasteiger charge is 2.38. The van der Waals surface area contributed by atoms with Gasteiger partial charge in [0, 0.05) is 24.9 Å². The van der Waals surface area contributed by atoms with E-state index in [0.717, 1.165) is 12.1 Å². The molecule has 28 heavy (non-hydrogen) atoms. The van der Waals surface area contributed by atoms with Gasteiger partial charge in [-0.05, 0) is 42.3 Å². The van der Waals surface area contributed by atoms with Crippen molar-refractivity contribution < 1.29 is 32.2 Å². The van der Waals surface area contributed by atoms with Crippen molar-refractivity contribution in [1.29, 1.82) is 0 Å². The first-order valence-electron chi connectivity index (χ1n) is 8.33. The zero-order valence-electron chi connectivity index (χ0n) is 15.0. The summed E-state index contributed by atoms with van der Waals surface area (Å²) in [4.78, 5) is 13.3. The molecule has 0 spiro atoms. The van der Waals surface area contributed by atoms with Crippen molar-refractivity contribution in [3.05, 3.63) is 70.5 Å². The Morgan fingerprint density at radius 2 is 1.82 bits per heavy atom. The van der Waals surface area contributed by atoms with Crippen LogP contribution in [-0.2, 0) is 22.3 Å². The molecule has 0 saturated carbocycles. The number of methoxy groups -OCH3 is 1. The van der Waals surface area contributed by atoms with Crippen LogP contribution in [0.2, 0.25) is 0 Å². The minimum Gasteiger partial charge on any atom is -0.478 e. The molecular formula is C20H17F4NO3. The normalized spacial score (nSPS) is 16.9. The van der Waals surface area contributed by atoms with Crippen LogP contribution in [0, 0.1) is 5.82 Å². The Labute approximate surface area is 158 Å². The van der Waals surface area contributed by atoms with E-state index in [9.17, 15) is 27.5 Å². The number of carboxylic acid groups (broad SMARTS) is 1. The van der Waals surface area contributed by atoms with E-state index >= 15 is 0 Å². The molecule has 148 valence electrons. The lowest BCUT2D eigenvalue weighted by Gasteiger charge is -2.39. The predicted octanol–water partition coefficient (Wildman–Crippen LogP) is 4.70. The zero-order valence-corrected chi connectivity index (χ0v) is 15.0. The summed E-state index contributed by atoms with van der Waals surface area (Å²) >= 11 is 0. The highest BCUT2D eigenvalue weighted by Crippen LogP contribution is 2.42. The highest BCUT2D eigenvalue weighted by molar-refractivity contribution is 6.01. The molecule has 2 aromatic rings. The van der Waals surface area contributed by atoms with Gasteiger partial charge in [0.2, 0.25) is 0 Å². The summed E-state index contributed by atoms with van der Waals surface area (Å²) in [6.07, 6.45) is -5.65. The van der Waals surface area contributed by atoms with Crippen LogP contribution in [0.25, 0.3) is 5.57 Å². The number of rotatable bonds is 4. The Morgan fingerprint density at radius 3 is 2.36 bits per heavy atom. The number of benzene rings is 2. The summed E-state index contributed by atoms with van der Waals surface area (Å²) in [5, 5.41) is 9.65. The first-order valence-corrected chi connectivity index (χ1v) is 8.33. The number of ether oxygens (including phenoxy) is 1. The van der Waals surface area contributed by atoms with Crippen LogP contribution in [0.3, 0.4) is 0 Å². The fourth-order valence-electron chi connectivity index (χ4n) is 3.34. The third-order valence-corrected chi connectivity index (χ3v) is 4.69. The second-order valence-corrected chi connectivity index (χ2v) is 6.42. The summed E-state index contributed by atoms with van der Waals surface area (Å²) in [6.45, 7) is 1.58. The van der Waals surface area contributed by atoms with Gasteiger partial charge in [-0.15, -0.1) is 0 Å². The molecule has 0 amide bonds. The molecule has 1 aliphatic rings. The summed E-state index contributed by atoms with van der Waals surface area (Å²) < 4.78 is 58.3. The Hall–Kier alpha value is -2.87. The minimum absolute atomic E-state index is 0.0388. The predicted molar refractivity (Wildman–Crippen MR) is 95.1 cm³/mol. The molecule has 1 N–H and O–H groups in total. The molecule has 1 aliphatic heterocycles. The van der Waals surface area contributed by atoms with E-state index < -0.39 is 29.8 Å². The fraction of sp³-hybridized carbons (Fsp3) is 0.250. The molecule has 0 fully saturated rings. The lowest BCUT2D eigenvalue weighted by Crippen LogP contribution is -2.43. The van der Waals surface area contributed by atoms with Gasteiger partial charge in [-0.2, -0.15) is 13.2 Å². The van der Waals surface area contributed by atoms with Crippen LogP contribution in [0.4, 0.5) is 23.2 Å². The number of carbonyl (C=O) groups is 1. The van der Waals surface area contributed by atoms with Gasteiger partial charge in [0.1, 0.15) is 5.82 Å². The summed E-state index contributed by atoms with van der Waals surface area (Å²) in [5.41, 5.74) is 0.595. The van der Waals surface area contributed by atoms with Crippen LogP contribution < -0.4 is 4.90 Å². The number of carboxylic acids is 1. The lowest BCUT2D eigenvalue weighted by molar-refractivity contribution is -0.137. The summed E-state index contributed by atoms with van der Waals surface area (Å²) in [7, 11) is 1.29. The van der Waals surface area contributed by atoms with E-state index in [1.807, 2.05) is 0 Å². The van der Waals surface area contributed by atoms with Gasteiger partial charge >= 0.3 is 12.1 Å². The average molecular weight is 395 g/mol. The second-order valence-electron chi connectivity index (χ2n) is 6.42. The molecule has 1 atom stereocenters. The molecule has 0 bridgehead atoms. The van der Waals surface area contributed by atoms with Crippen molar-refractivity contribution >= 4 is 17.2 Å². The quantitative estimate of drug-likeness (QED) is 0.763. The molecule has 4 nitrogen and oxygen atoms in total. The number of alkyl halides is 3. The molecule has 0 aliphatic carbocycles. The third kappa shape index (κ3) is 3.60. The maximum absolute atomic E-state index is 13.2. The first kappa shape index (κ1) is 19.9. The minimum atomic E-state index is -4.55. The number of anilines is 1. The molecule has 8 heteroatoms. The van der Waals surface area contributed by atoms with Gasteiger partial charge in [0.25, 0.3) is 0 Å². The van der Waals surface area contributed by atoms with E-state index in [1.54, 1.807) is 0 Å². The summed E-state index contributed by atoms with van der Waals surface area (Å²) in [6, 6.07) is 8.60. The summed E-state index contributed by atoms with van der Waals surface area (Å²) in [5.74, 6) is -1.67. The SMILES string of the molecule is COC1C(C(=O)O)=C(C)c2ccc(C(F)(F)F)cc2N1Cc1ccc(F)cc1. The number of aliphatic carboxylic acids is 1. The number of fused-ring (bicyclic) bond motifs is 1. The number of hydrogen-bond acceptors (Lipinski definition) is 3. The lowest BCUT2D eigenvalue weighted by atomic mass is 9.91. The molecule has 1 unspecified atom stereocenters. The smallest absolute Gasteiger partial charge is 0.416 e. The zero-order chi connectivity index (χ0) is 20.6. The number of hydrogen-bond donors (Lipinski definition) is 1. The third-order valence-electron chi connectivity index (χ3n) is 4.69. The number of nitrogens with zero attached hydrogens (tertiary/aromatic N) is 1. The molecule has 2 aromatic carbocycles. The van der Waals surface area contributed by atoms with Crippen LogP contribution >= 0.6 is 0 Å². The van der Waals surface area contributed by atoms with E-state index in [4.69, 9.17) is 4.74 Å². The maximum Gasteiger partial charge on any atom is 0.416 e. The Balaban J connectivity index is 2.18. The average Bonchev–Trinajstić information content (AvgIpc) is 2.63. The van der Waals surface area contributed by atoms with E-state index in [2.05, 4.69) is 0 Å². The Morgan fingerprint density at radius 1 is 1.18 bits per heavy atom. The molecule has 3 rings (SSSR count). The van der Waals surface area contributed by atoms with Crippen LogP contribution in [0.15, 0.2) is 48.0 Å². The molecule has 0 aromatic heterocycles. The van der Waals surface area contributed by atoms with Gasteiger partial charge in [0.05, 0.1) is 11.1 Å². The molecule has 1 heterocycles. The van der Waals surface area contributed by atoms with E-state index in [0.29, 0.717) is 16.7 Å². The van der Waals surface area contributed by atoms with Crippen molar-refractivity contribution in [3.8, 4) is 0 Å².